The molecule has 0 saturated carbocycles. The zero-order chi connectivity index (χ0) is 13.6. The van der Waals surface area contributed by atoms with E-state index in [0.29, 0.717) is 5.56 Å². The molecule has 0 aliphatic heterocycles. The minimum Gasteiger partial charge on any atom is -0.396 e. The van der Waals surface area contributed by atoms with Gasteiger partial charge in [0, 0.05) is 12.5 Å². The molecule has 1 aromatic carbocycles. The van der Waals surface area contributed by atoms with Gasteiger partial charge in [0.1, 0.15) is 12.4 Å². The van der Waals surface area contributed by atoms with Crippen LogP contribution in [0.1, 0.15) is 17.9 Å². The lowest BCUT2D eigenvalue weighted by molar-refractivity contribution is -0.174. The Morgan fingerprint density at radius 2 is 2.00 bits per heavy atom. The first kappa shape index (κ1) is 14.9. The third kappa shape index (κ3) is 5.46. The number of benzene rings is 1. The molecule has 0 saturated heterocycles. The summed E-state index contributed by atoms with van der Waals surface area (Å²) in [5.74, 6) is -0.865. The molecule has 0 fully saturated rings. The van der Waals surface area contributed by atoms with Gasteiger partial charge in [0.05, 0.1) is 6.61 Å². The zero-order valence-corrected chi connectivity index (χ0v) is 9.58. The van der Waals surface area contributed by atoms with Gasteiger partial charge in [-0.25, -0.2) is 4.39 Å². The molecule has 0 spiro atoms. The number of ether oxygens (including phenoxy) is 1. The molecule has 1 aromatic rings. The van der Waals surface area contributed by atoms with Gasteiger partial charge in [-0.3, -0.25) is 0 Å². The average molecular weight is 266 g/mol. The minimum atomic E-state index is -4.35. The van der Waals surface area contributed by atoms with Crippen molar-refractivity contribution in [3.8, 4) is 0 Å². The first-order chi connectivity index (χ1) is 8.42. The fraction of sp³-hybridized carbons (Fsp3) is 0.500. The first-order valence-electron chi connectivity index (χ1n) is 5.43. The van der Waals surface area contributed by atoms with Crippen LogP contribution >= 0.6 is 0 Å². The van der Waals surface area contributed by atoms with Crippen molar-refractivity contribution in [2.24, 2.45) is 0 Å². The van der Waals surface area contributed by atoms with E-state index in [-0.39, 0.29) is 19.6 Å². The molecular weight excluding hydrogens is 252 g/mol. The second-order valence-electron chi connectivity index (χ2n) is 3.89. The molecule has 0 aromatic heterocycles. The summed E-state index contributed by atoms with van der Waals surface area (Å²) in [5, 5.41) is 9.13. The minimum absolute atomic E-state index is 0.138. The van der Waals surface area contributed by atoms with Crippen molar-refractivity contribution in [2.45, 2.75) is 18.5 Å². The van der Waals surface area contributed by atoms with E-state index in [0.717, 1.165) is 0 Å². The van der Waals surface area contributed by atoms with Crippen molar-refractivity contribution in [2.75, 3.05) is 19.8 Å². The molecule has 2 nitrogen and oxygen atoms in total. The summed E-state index contributed by atoms with van der Waals surface area (Å²) in [5.41, 5.74) is 0.549. The van der Waals surface area contributed by atoms with Crippen molar-refractivity contribution in [1.82, 2.24) is 0 Å². The van der Waals surface area contributed by atoms with E-state index >= 15 is 0 Å². The molecule has 6 heteroatoms. The molecule has 0 radical (unpaired) electrons. The van der Waals surface area contributed by atoms with Crippen LogP contribution in [0.5, 0.6) is 0 Å². The Morgan fingerprint density at radius 3 is 2.56 bits per heavy atom. The lowest BCUT2D eigenvalue weighted by Crippen LogP contribution is -2.18. The van der Waals surface area contributed by atoms with E-state index in [9.17, 15) is 17.6 Å². The van der Waals surface area contributed by atoms with Crippen LogP contribution in [0.2, 0.25) is 0 Å². The van der Waals surface area contributed by atoms with Crippen LogP contribution in [0.25, 0.3) is 0 Å². The largest absolute Gasteiger partial charge is 0.411 e. The SMILES string of the molecule is OCC(CCOCC(F)(F)F)c1cccc(F)c1. The Hall–Kier alpha value is -1.14. The number of aliphatic hydroxyl groups excluding tert-OH is 1. The van der Waals surface area contributed by atoms with Crippen molar-refractivity contribution in [3.63, 3.8) is 0 Å². The molecule has 18 heavy (non-hydrogen) atoms. The number of alkyl halides is 3. The topological polar surface area (TPSA) is 29.5 Å². The molecule has 0 bridgehead atoms. The fourth-order valence-corrected chi connectivity index (χ4v) is 1.54. The van der Waals surface area contributed by atoms with E-state index in [1.807, 2.05) is 0 Å². The van der Waals surface area contributed by atoms with E-state index in [1.54, 1.807) is 6.07 Å². The molecule has 0 aliphatic carbocycles. The van der Waals surface area contributed by atoms with Gasteiger partial charge in [-0.1, -0.05) is 12.1 Å². The second-order valence-corrected chi connectivity index (χ2v) is 3.89. The normalized spacial score (nSPS) is 13.6. The summed E-state index contributed by atoms with van der Waals surface area (Å²) < 4.78 is 52.8. The Labute approximate surface area is 102 Å². The van der Waals surface area contributed by atoms with Crippen molar-refractivity contribution < 1.29 is 27.4 Å². The molecule has 1 unspecified atom stereocenters. The quantitative estimate of drug-likeness (QED) is 0.633. The highest BCUT2D eigenvalue weighted by atomic mass is 19.4. The molecule has 1 rings (SSSR count). The third-order valence-electron chi connectivity index (χ3n) is 2.42. The molecule has 0 aliphatic rings. The fourth-order valence-electron chi connectivity index (χ4n) is 1.54. The molecule has 1 N–H and O–H groups in total. The molecular formula is C12H14F4O2. The second kappa shape index (κ2) is 6.70. The summed E-state index contributed by atoms with van der Waals surface area (Å²) in [6.07, 6.45) is -4.15. The standard InChI is InChI=1S/C12H14F4O2/c13-11-3-1-2-9(6-11)10(7-17)4-5-18-8-12(14,15)16/h1-3,6,10,17H,4-5,7-8H2. The molecule has 0 heterocycles. The van der Waals surface area contributed by atoms with Crippen LogP contribution in [-0.4, -0.2) is 31.1 Å². The van der Waals surface area contributed by atoms with E-state index in [2.05, 4.69) is 4.74 Å². The lowest BCUT2D eigenvalue weighted by Gasteiger charge is -2.15. The zero-order valence-electron chi connectivity index (χ0n) is 9.58. The highest BCUT2D eigenvalue weighted by molar-refractivity contribution is 5.20. The molecule has 102 valence electrons. The van der Waals surface area contributed by atoms with Gasteiger partial charge in [0.25, 0.3) is 0 Å². The van der Waals surface area contributed by atoms with Gasteiger partial charge in [-0.05, 0) is 24.1 Å². The van der Waals surface area contributed by atoms with E-state index < -0.39 is 24.5 Å². The summed E-state index contributed by atoms with van der Waals surface area (Å²) in [6.45, 7) is -1.71. The third-order valence-corrected chi connectivity index (χ3v) is 2.42. The van der Waals surface area contributed by atoms with Crippen LogP contribution in [0.3, 0.4) is 0 Å². The van der Waals surface area contributed by atoms with Crippen LogP contribution in [0, 0.1) is 5.82 Å². The van der Waals surface area contributed by atoms with Gasteiger partial charge in [-0.15, -0.1) is 0 Å². The Morgan fingerprint density at radius 1 is 1.28 bits per heavy atom. The summed E-state index contributed by atoms with van der Waals surface area (Å²) in [7, 11) is 0. The number of aliphatic hydroxyl groups is 1. The summed E-state index contributed by atoms with van der Waals surface area (Å²) in [6, 6.07) is 5.63. The van der Waals surface area contributed by atoms with Crippen molar-refractivity contribution in [3.05, 3.63) is 35.6 Å². The predicted octanol–water partition coefficient (Wildman–Crippen LogP) is 2.87. The first-order valence-corrected chi connectivity index (χ1v) is 5.43. The maximum Gasteiger partial charge on any atom is 0.411 e. The average Bonchev–Trinajstić information content (AvgIpc) is 2.27. The maximum atomic E-state index is 12.9. The Bertz CT molecular complexity index is 365. The van der Waals surface area contributed by atoms with Gasteiger partial charge in [0.15, 0.2) is 0 Å². The van der Waals surface area contributed by atoms with Crippen molar-refractivity contribution in [1.29, 1.82) is 0 Å². The number of halogens is 4. The highest BCUT2D eigenvalue weighted by Crippen LogP contribution is 2.21. The summed E-state index contributed by atoms with van der Waals surface area (Å²) in [4.78, 5) is 0. The molecule has 1 atom stereocenters. The van der Waals surface area contributed by atoms with Crippen LogP contribution in [0.15, 0.2) is 24.3 Å². The van der Waals surface area contributed by atoms with Crippen LogP contribution in [-0.2, 0) is 4.74 Å². The van der Waals surface area contributed by atoms with E-state index in [1.165, 1.54) is 18.2 Å². The van der Waals surface area contributed by atoms with Gasteiger partial charge in [0.2, 0.25) is 0 Å². The predicted molar refractivity (Wildman–Crippen MR) is 57.7 cm³/mol. The van der Waals surface area contributed by atoms with Gasteiger partial charge >= 0.3 is 6.18 Å². The maximum absolute atomic E-state index is 12.9. The summed E-state index contributed by atoms with van der Waals surface area (Å²) >= 11 is 0. The smallest absolute Gasteiger partial charge is 0.396 e. The van der Waals surface area contributed by atoms with E-state index in [4.69, 9.17) is 5.11 Å². The molecule has 0 amide bonds. The van der Waals surface area contributed by atoms with Gasteiger partial charge < -0.3 is 9.84 Å². The van der Waals surface area contributed by atoms with Gasteiger partial charge in [-0.2, -0.15) is 13.2 Å². The lowest BCUT2D eigenvalue weighted by atomic mass is 9.97. The Kier molecular flexibility index (Phi) is 5.55. The number of hydrogen-bond acceptors (Lipinski definition) is 2. The Balaban J connectivity index is 2.43. The highest BCUT2D eigenvalue weighted by Gasteiger charge is 2.27. The number of hydrogen-bond donors (Lipinski definition) is 1. The monoisotopic (exact) mass is 266 g/mol. The van der Waals surface area contributed by atoms with Crippen LogP contribution in [0.4, 0.5) is 17.6 Å². The number of rotatable bonds is 6. The van der Waals surface area contributed by atoms with Crippen molar-refractivity contribution >= 4 is 0 Å². The van der Waals surface area contributed by atoms with Crippen LogP contribution < -0.4 is 0 Å².